The third-order valence-electron chi connectivity index (χ3n) is 4.28. The molecule has 1 unspecified atom stereocenters. The fraction of sp³-hybridized carbons (Fsp3) is 0.533. The predicted molar refractivity (Wildman–Crippen MR) is 86.0 cm³/mol. The maximum atomic E-state index is 12.4. The third kappa shape index (κ3) is 3.40. The second-order valence-electron chi connectivity index (χ2n) is 6.03. The van der Waals surface area contributed by atoms with Crippen LogP contribution in [-0.4, -0.2) is 65.7 Å². The Kier molecular flexibility index (Phi) is 4.41. The molecule has 1 saturated heterocycles. The molecule has 3 rings (SSSR count). The molecule has 1 aromatic rings. The van der Waals surface area contributed by atoms with Crippen molar-refractivity contribution in [2.75, 3.05) is 45.2 Å². The van der Waals surface area contributed by atoms with E-state index in [0.717, 1.165) is 17.8 Å². The van der Waals surface area contributed by atoms with Gasteiger partial charge < -0.3 is 14.5 Å². The number of ether oxygens (including phenoxy) is 1. The zero-order valence-corrected chi connectivity index (χ0v) is 14.1. The van der Waals surface area contributed by atoms with Gasteiger partial charge in [-0.05, 0) is 30.8 Å². The van der Waals surface area contributed by atoms with Gasteiger partial charge in [-0.3, -0.25) is 4.79 Å². The highest BCUT2D eigenvalue weighted by Gasteiger charge is 2.27. The largest absolute Gasteiger partial charge is 0.374 e. The van der Waals surface area contributed by atoms with Crippen molar-refractivity contribution in [3.05, 3.63) is 23.8 Å². The molecule has 1 atom stereocenters. The molecule has 0 aromatic heterocycles. The van der Waals surface area contributed by atoms with Crippen LogP contribution < -0.4 is 9.62 Å². The number of sulfonamides is 1. The lowest BCUT2D eigenvalue weighted by molar-refractivity contribution is -0.117. The molecule has 126 valence electrons. The van der Waals surface area contributed by atoms with E-state index >= 15 is 0 Å². The Balaban J connectivity index is 1.71. The monoisotopic (exact) mass is 339 g/mol. The first-order valence-electron chi connectivity index (χ1n) is 7.56. The first kappa shape index (κ1) is 16.4. The Morgan fingerprint density at radius 2 is 2.13 bits per heavy atom. The molecular weight excluding hydrogens is 318 g/mol. The van der Waals surface area contributed by atoms with Crippen LogP contribution in [0.25, 0.3) is 0 Å². The van der Waals surface area contributed by atoms with E-state index in [4.69, 9.17) is 4.74 Å². The quantitative estimate of drug-likeness (QED) is 0.823. The van der Waals surface area contributed by atoms with E-state index in [2.05, 4.69) is 9.62 Å². The number of anilines is 1. The van der Waals surface area contributed by atoms with Crippen LogP contribution in [0.5, 0.6) is 0 Å². The molecule has 1 N–H and O–H groups in total. The minimum atomic E-state index is -3.61. The number of hydrogen-bond acceptors (Lipinski definition) is 5. The van der Waals surface area contributed by atoms with E-state index in [9.17, 15) is 13.2 Å². The maximum Gasteiger partial charge on any atom is 0.240 e. The fourth-order valence-corrected chi connectivity index (χ4v) is 4.01. The second kappa shape index (κ2) is 6.20. The molecule has 7 nitrogen and oxygen atoms in total. The van der Waals surface area contributed by atoms with Crippen molar-refractivity contribution >= 4 is 21.6 Å². The van der Waals surface area contributed by atoms with Crippen LogP contribution in [0.4, 0.5) is 5.69 Å². The smallest absolute Gasteiger partial charge is 0.240 e. The van der Waals surface area contributed by atoms with Gasteiger partial charge in [-0.1, -0.05) is 0 Å². The van der Waals surface area contributed by atoms with E-state index in [1.807, 2.05) is 7.05 Å². The van der Waals surface area contributed by atoms with Crippen molar-refractivity contribution in [1.29, 1.82) is 0 Å². The molecular formula is C15H21N3O4S. The lowest BCUT2D eigenvalue weighted by Gasteiger charge is -2.30. The second-order valence-corrected chi connectivity index (χ2v) is 7.79. The number of carbonyl (C=O) groups excluding carboxylic acids is 1. The van der Waals surface area contributed by atoms with Crippen LogP contribution in [0, 0.1) is 0 Å². The number of morpholine rings is 1. The van der Waals surface area contributed by atoms with E-state index in [-0.39, 0.29) is 29.9 Å². The molecule has 0 radical (unpaired) electrons. The number of benzene rings is 1. The molecule has 0 saturated carbocycles. The molecule has 23 heavy (non-hydrogen) atoms. The number of rotatable bonds is 4. The van der Waals surface area contributed by atoms with E-state index < -0.39 is 10.0 Å². The SMILES string of the molecule is CN1CCOC(CNS(=O)(=O)c2ccc3c(c2)CC(=O)N3C)C1. The van der Waals surface area contributed by atoms with Crippen LogP contribution in [0.15, 0.2) is 23.1 Å². The van der Waals surface area contributed by atoms with Gasteiger partial charge in [0.1, 0.15) is 0 Å². The van der Waals surface area contributed by atoms with Crippen LogP contribution in [0.1, 0.15) is 5.56 Å². The third-order valence-corrected chi connectivity index (χ3v) is 5.70. The number of amides is 1. The summed E-state index contributed by atoms with van der Waals surface area (Å²) in [6, 6.07) is 4.79. The summed E-state index contributed by atoms with van der Waals surface area (Å²) in [6.45, 7) is 2.40. The summed E-state index contributed by atoms with van der Waals surface area (Å²) in [5.74, 6) is -0.0267. The molecule has 0 bridgehead atoms. The normalized spacial score (nSPS) is 22.4. The van der Waals surface area contributed by atoms with Gasteiger partial charge in [0.05, 0.1) is 24.0 Å². The number of likely N-dealkylation sites (N-methyl/N-ethyl adjacent to an activating group) is 2. The molecule has 0 aliphatic carbocycles. The van der Waals surface area contributed by atoms with Crippen LogP contribution in [0.3, 0.4) is 0 Å². The number of fused-ring (bicyclic) bond motifs is 1. The van der Waals surface area contributed by atoms with Crippen molar-refractivity contribution in [3.63, 3.8) is 0 Å². The Bertz CT molecular complexity index is 719. The van der Waals surface area contributed by atoms with E-state index in [1.54, 1.807) is 24.1 Å². The van der Waals surface area contributed by atoms with Gasteiger partial charge in [-0.2, -0.15) is 0 Å². The fourth-order valence-electron chi connectivity index (χ4n) is 2.89. The molecule has 1 aromatic carbocycles. The summed E-state index contributed by atoms with van der Waals surface area (Å²) < 4.78 is 33.0. The van der Waals surface area contributed by atoms with Gasteiger partial charge in [0.15, 0.2) is 0 Å². The van der Waals surface area contributed by atoms with E-state index in [1.165, 1.54) is 6.07 Å². The topological polar surface area (TPSA) is 79.0 Å². The Morgan fingerprint density at radius 3 is 2.87 bits per heavy atom. The highest BCUT2D eigenvalue weighted by Crippen LogP contribution is 2.29. The van der Waals surface area contributed by atoms with Gasteiger partial charge in [0.2, 0.25) is 15.9 Å². The first-order valence-corrected chi connectivity index (χ1v) is 9.04. The molecule has 0 spiro atoms. The van der Waals surface area contributed by atoms with Crippen molar-refractivity contribution in [1.82, 2.24) is 9.62 Å². The van der Waals surface area contributed by atoms with Gasteiger partial charge in [0.25, 0.3) is 0 Å². The number of hydrogen-bond donors (Lipinski definition) is 1. The summed E-state index contributed by atoms with van der Waals surface area (Å²) in [7, 11) is 0.0641. The summed E-state index contributed by atoms with van der Waals surface area (Å²) in [5, 5.41) is 0. The van der Waals surface area contributed by atoms with Crippen molar-refractivity contribution in [2.24, 2.45) is 0 Å². The van der Waals surface area contributed by atoms with Crippen LogP contribution >= 0.6 is 0 Å². The minimum Gasteiger partial charge on any atom is -0.374 e. The maximum absolute atomic E-state index is 12.4. The Labute approximate surface area is 136 Å². The van der Waals surface area contributed by atoms with Crippen LogP contribution in [-0.2, 0) is 26.0 Å². The molecule has 1 fully saturated rings. The molecule has 2 aliphatic rings. The summed E-state index contributed by atoms with van der Waals surface area (Å²) in [5.41, 5.74) is 1.51. The highest BCUT2D eigenvalue weighted by atomic mass is 32.2. The van der Waals surface area contributed by atoms with Gasteiger partial charge in [0, 0.05) is 32.4 Å². The van der Waals surface area contributed by atoms with Crippen molar-refractivity contribution in [3.8, 4) is 0 Å². The van der Waals surface area contributed by atoms with Gasteiger partial charge in [-0.15, -0.1) is 0 Å². The molecule has 2 heterocycles. The first-order chi connectivity index (χ1) is 10.9. The predicted octanol–water partition coefficient (Wildman–Crippen LogP) is -0.186. The summed E-state index contributed by atoms with van der Waals surface area (Å²) >= 11 is 0. The average Bonchev–Trinajstić information content (AvgIpc) is 2.80. The standard InChI is InChI=1S/C15H21N3O4S/c1-17-5-6-22-12(10-17)9-16-23(20,21)13-3-4-14-11(7-13)8-15(19)18(14)2/h3-4,7,12,16H,5-6,8-10H2,1-2H3. The van der Waals surface area contributed by atoms with Gasteiger partial charge >= 0.3 is 0 Å². The Morgan fingerprint density at radius 1 is 1.35 bits per heavy atom. The zero-order valence-electron chi connectivity index (χ0n) is 13.3. The zero-order chi connectivity index (χ0) is 16.6. The van der Waals surface area contributed by atoms with Crippen molar-refractivity contribution in [2.45, 2.75) is 17.4 Å². The molecule has 2 aliphatic heterocycles. The van der Waals surface area contributed by atoms with E-state index in [0.29, 0.717) is 13.2 Å². The number of nitrogens with zero attached hydrogens (tertiary/aromatic N) is 2. The molecule has 1 amide bonds. The highest BCUT2D eigenvalue weighted by molar-refractivity contribution is 7.89. The van der Waals surface area contributed by atoms with Gasteiger partial charge in [-0.25, -0.2) is 13.1 Å². The van der Waals surface area contributed by atoms with Crippen LogP contribution in [0.2, 0.25) is 0 Å². The minimum absolute atomic E-state index is 0.0267. The number of carbonyl (C=O) groups is 1. The lowest BCUT2D eigenvalue weighted by atomic mass is 10.2. The average molecular weight is 339 g/mol. The Hall–Kier alpha value is -1.48. The van der Waals surface area contributed by atoms with Crippen molar-refractivity contribution < 1.29 is 17.9 Å². The summed E-state index contributed by atoms with van der Waals surface area (Å²) in [4.78, 5) is 15.5. The number of nitrogens with one attached hydrogen (secondary N) is 1. The summed E-state index contributed by atoms with van der Waals surface area (Å²) in [6.07, 6.45) is 0.0943. The lowest BCUT2D eigenvalue weighted by Crippen LogP contribution is -2.45. The molecule has 8 heteroatoms.